The first kappa shape index (κ1) is 17.4. The predicted molar refractivity (Wildman–Crippen MR) is 93.6 cm³/mol. The van der Waals surface area contributed by atoms with E-state index < -0.39 is 0 Å². The molecule has 0 saturated carbocycles. The lowest BCUT2D eigenvalue weighted by atomic mass is 9.82. The van der Waals surface area contributed by atoms with Crippen LogP contribution < -0.4 is 10.6 Å². The number of carbonyl (C=O) groups is 1. The highest BCUT2D eigenvalue weighted by atomic mass is 35.5. The number of halogens is 1. The van der Waals surface area contributed by atoms with Crippen LogP contribution >= 0.6 is 12.4 Å². The third kappa shape index (κ3) is 4.06. The van der Waals surface area contributed by atoms with Gasteiger partial charge in [-0.1, -0.05) is 30.3 Å². The second kappa shape index (κ2) is 7.53. The van der Waals surface area contributed by atoms with E-state index >= 15 is 0 Å². The summed E-state index contributed by atoms with van der Waals surface area (Å²) in [6.07, 6.45) is 5.24. The third-order valence-corrected chi connectivity index (χ3v) is 4.09. The van der Waals surface area contributed by atoms with Crippen molar-refractivity contribution in [1.29, 1.82) is 0 Å². The molecule has 1 saturated heterocycles. The van der Waals surface area contributed by atoms with E-state index in [4.69, 9.17) is 0 Å². The molecule has 1 fully saturated rings. The second-order valence-electron chi connectivity index (χ2n) is 5.96. The fourth-order valence-electron chi connectivity index (χ4n) is 2.66. The van der Waals surface area contributed by atoms with Gasteiger partial charge in [0.2, 0.25) is 5.91 Å². The minimum absolute atomic E-state index is 0. The number of hydrogen-bond acceptors (Lipinski definition) is 4. The van der Waals surface area contributed by atoms with Crippen LogP contribution in [0, 0.1) is 5.41 Å². The Morgan fingerprint density at radius 2 is 1.91 bits per heavy atom. The Bertz CT molecular complexity index is 639. The summed E-state index contributed by atoms with van der Waals surface area (Å²) in [4.78, 5) is 21.1. The molecule has 1 amide bonds. The molecule has 0 radical (unpaired) electrons. The van der Waals surface area contributed by atoms with E-state index in [9.17, 15) is 4.79 Å². The van der Waals surface area contributed by atoms with E-state index in [1.54, 1.807) is 12.4 Å². The van der Waals surface area contributed by atoms with Crippen LogP contribution in [0.1, 0.15) is 19.8 Å². The minimum Gasteiger partial charge on any atom is -0.323 e. The predicted octanol–water partition coefficient (Wildman–Crippen LogP) is 2.89. The van der Waals surface area contributed by atoms with Gasteiger partial charge >= 0.3 is 0 Å². The minimum atomic E-state index is -0.365. The lowest BCUT2D eigenvalue weighted by Crippen LogP contribution is -2.46. The second-order valence-corrected chi connectivity index (χ2v) is 5.96. The molecular weight excluding hydrogens is 312 g/mol. The topological polar surface area (TPSA) is 66.9 Å². The quantitative estimate of drug-likeness (QED) is 0.907. The normalized spacial score (nSPS) is 20.4. The van der Waals surface area contributed by atoms with Crippen LogP contribution in [0.15, 0.2) is 42.7 Å². The molecular formula is C17H21ClN4O. The largest absolute Gasteiger partial charge is 0.323 e. The number of nitrogens with zero attached hydrogens (tertiary/aromatic N) is 2. The summed E-state index contributed by atoms with van der Waals surface area (Å²) in [5, 5.41) is 6.21. The molecule has 0 aliphatic carbocycles. The lowest BCUT2D eigenvalue weighted by molar-refractivity contribution is -0.125. The molecule has 1 atom stereocenters. The maximum absolute atomic E-state index is 12.4. The van der Waals surface area contributed by atoms with E-state index in [0.29, 0.717) is 18.1 Å². The zero-order chi connectivity index (χ0) is 15.4. The average molecular weight is 333 g/mol. The summed E-state index contributed by atoms with van der Waals surface area (Å²) >= 11 is 0. The van der Waals surface area contributed by atoms with Crippen LogP contribution in [-0.2, 0) is 4.79 Å². The van der Waals surface area contributed by atoms with Crippen LogP contribution in [0.4, 0.5) is 5.69 Å². The fraction of sp³-hybridized carbons (Fsp3) is 0.353. The molecule has 0 spiro atoms. The number of hydrogen-bond donors (Lipinski definition) is 2. The molecule has 6 heteroatoms. The highest BCUT2D eigenvalue weighted by Crippen LogP contribution is 2.27. The molecule has 1 aromatic heterocycles. The summed E-state index contributed by atoms with van der Waals surface area (Å²) in [6.45, 7) is 3.69. The smallest absolute Gasteiger partial charge is 0.231 e. The van der Waals surface area contributed by atoms with E-state index in [-0.39, 0.29) is 23.7 Å². The highest BCUT2D eigenvalue weighted by molar-refractivity contribution is 5.95. The lowest BCUT2D eigenvalue weighted by Gasteiger charge is -2.32. The van der Waals surface area contributed by atoms with Gasteiger partial charge < -0.3 is 10.6 Å². The molecule has 1 unspecified atom stereocenters. The zero-order valence-corrected chi connectivity index (χ0v) is 13.9. The van der Waals surface area contributed by atoms with Gasteiger partial charge in [-0.25, -0.2) is 9.97 Å². The molecule has 3 rings (SSSR count). The fourth-order valence-corrected chi connectivity index (χ4v) is 2.66. The Balaban J connectivity index is 0.00000192. The molecule has 0 bridgehead atoms. The van der Waals surface area contributed by atoms with Gasteiger partial charge in [0.15, 0.2) is 5.82 Å². The van der Waals surface area contributed by atoms with Crippen molar-refractivity contribution in [1.82, 2.24) is 15.3 Å². The molecule has 2 N–H and O–H groups in total. The molecule has 1 aromatic carbocycles. The molecule has 1 aliphatic rings. The Morgan fingerprint density at radius 1 is 1.22 bits per heavy atom. The van der Waals surface area contributed by atoms with Gasteiger partial charge in [-0.05, 0) is 26.3 Å². The van der Waals surface area contributed by atoms with E-state index in [1.165, 1.54) is 0 Å². The first-order valence-electron chi connectivity index (χ1n) is 7.57. The Labute approximate surface area is 142 Å². The van der Waals surface area contributed by atoms with Crippen LogP contribution in [0.25, 0.3) is 11.4 Å². The van der Waals surface area contributed by atoms with Gasteiger partial charge in [-0.2, -0.15) is 0 Å². The standard InChI is InChI=1S/C17H20N4O.ClH/c1-17(8-5-9-18-12-17)16(22)21-14-10-19-15(20-11-14)13-6-3-2-4-7-13;/h2-4,6-7,10-11,18H,5,8-9,12H2,1H3,(H,21,22);1H. The van der Waals surface area contributed by atoms with Crippen molar-refractivity contribution in [3.8, 4) is 11.4 Å². The molecule has 122 valence electrons. The van der Waals surface area contributed by atoms with Crippen molar-refractivity contribution in [2.75, 3.05) is 18.4 Å². The molecule has 23 heavy (non-hydrogen) atoms. The van der Waals surface area contributed by atoms with Crippen molar-refractivity contribution in [2.45, 2.75) is 19.8 Å². The summed E-state index contributed by atoms with van der Waals surface area (Å²) < 4.78 is 0. The molecule has 5 nitrogen and oxygen atoms in total. The zero-order valence-electron chi connectivity index (χ0n) is 13.1. The molecule has 1 aliphatic heterocycles. The Morgan fingerprint density at radius 3 is 2.52 bits per heavy atom. The van der Waals surface area contributed by atoms with Crippen LogP contribution in [0.3, 0.4) is 0 Å². The first-order valence-corrected chi connectivity index (χ1v) is 7.57. The number of piperidine rings is 1. The van der Waals surface area contributed by atoms with Crippen LogP contribution in [0.2, 0.25) is 0 Å². The van der Waals surface area contributed by atoms with Crippen molar-refractivity contribution < 1.29 is 4.79 Å². The summed E-state index contributed by atoms with van der Waals surface area (Å²) in [6, 6.07) is 9.78. The van der Waals surface area contributed by atoms with E-state index in [2.05, 4.69) is 20.6 Å². The number of nitrogens with one attached hydrogen (secondary N) is 2. The van der Waals surface area contributed by atoms with Gasteiger partial charge in [0.1, 0.15) is 0 Å². The average Bonchev–Trinajstić information content (AvgIpc) is 2.57. The highest BCUT2D eigenvalue weighted by Gasteiger charge is 2.34. The SMILES string of the molecule is CC1(C(=O)Nc2cnc(-c3ccccc3)nc2)CCCNC1.Cl. The molecule has 2 aromatic rings. The number of anilines is 1. The maximum Gasteiger partial charge on any atom is 0.231 e. The van der Waals surface area contributed by atoms with Crippen LogP contribution in [0.5, 0.6) is 0 Å². The number of benzene rings is 1. The number of amides is 1. The van der Waals surface area contributed by atoms with Gasteiger partial charge in [0.25, 0.3) is 0 Å². The first-order chi connectivity index (χ1) is 10.7. The number of rotatable bonds is 3. The monoisotopic (exact) mass is 332 g/mol. The Kier molecular flexibility index (Phi) is 5.69. The third-order valence-electron chi connectivity index (χ3n) is 4.09. The number of aromatic nitrogens is 2. The van der Waals surface area contributed by atoms with E-state index in [1.807, 2.05) is 37.3 Å². The number of carbonyl (C=O) groups excluding carboxylic acids is 1. The van der Waals surface area contributed by atoms with Gasteiger partial charge in [-0.3, -0.25) is 4.79 Å². The van der Waals surface area contributed by atoms with Crippen molar-refractivity contribution in [2.24, 2.45) is 5.41 Å². The van der Waals surface area contributed by atoms with Crippen LogP contribution in [-0.4, -0.2) is 29.0 Å². The van der Waals surface area contributed by atoms with Crippen molar-refractivity contribution in [3.63, 3.8) is 0 Å². The van der Waals surface area contributed by atoms with Crippen molar-refractivity contribution in [3.05, 3.63) is 42.7 Å². The molecule has 2 heterocycles. The summed E-state index contributed by atoms with van der Waals surface area (Å²) in [7, 11) is 0. The summed E-state index contributed by atoms with van der Waals surface area (Å²) in [5.74, 6) is 0.680. The van der Waals surface area contributed by atoms with Gasteiger partial charge in [0.05, 0.1) is 23.5 Å². The Hall–Kier alpha value is -1.98. The summed E-state index contributed by atoms with van der Waals surface area (Å²) in [5.41, 5.74) is 1.23. The van der Waals surface area contributed by atoms with Gasteiger partial charge in [-0.15, -0.1) is 12.4 Å². The van der Waals surface area contributed by atoms with E-state index in [0.717, 1.165) is 24.9 Å². The maximum atomic E-state index is 12.4. The van der Waals surface area contributed by atoms with Crippen molar-refractivity contribution >= 4 is 24.0 Å². The van der Waals surface area contributed by atoms with Gasteiger partial charge in [0, 0.05) is 12.1 Å².